The fourth-order valence-electron chi connectivity index (χ4n) is 1.38. The van der Waals surface area contributed by atoms with Gasteiger partial charge in [0.05, 0.1) is 11.8 Å². The maximum absolute atomic E-state index is 13.1. The van der Waals surface area contributed by atoms with Crippen molar-refractivity contribution in [2.45, 2.75) is 6.92 Å². The number of nitrogens with zero attached hydrogens (tertiary/aromatic N) is 2. The number of halogens is 1. The third-order valence-corrected chi connectivity index (χ3v) is 2.12. The Hall–Kier alpha value is -2.44. The maximum Gasteiger partial charge on any atom is 0.260 e. The second-order valence-corrected chi connectivity index (χ2v) is 3.42. The first-order valence-electron chi connectivity index (χ1n) is 5.32. The third-order valence-electron chi connectivity index (χ3n) is 2.12. The van der Waals surface area contributed by atoms with Crippen molar-refractivity contribution in [3.05, 3.63) is 36.0 Å². The van der Waals surface area contributed by atoms with Crippen molar-refractivity contribution in [3.63, 3.8) is 0 Å². The van der Waals surface area contributed by atoms with Gasteiger partial charge >= 0.3 is 0 Å². The molecule has 0 atom stereocenters. The van der Waals surface area contributed by atoms with E-state index < -0.39 is 11.7 Å². The Bertz CT molecular complexity index is 542. The summed E-state index contributed by atoms with van der Waals surface area (Å²) in [7, 11) is 0. The molecule has 2 rings (SSSR count). The first kappa shape index (κ1) is 12.0. The summed E-state index contributed by atoms with van der Waals surface area (Å²) in [5.74, 6) is -0.514. The van der Waals surface area contributed by atoms with Gasteiger partial charge < -0.3 is 15.2 Å². The molecule has 0 radical (unpaired) electrons. The predicted octanol–water partition coefficient (Wildman–Crippen LogP) is 1.89. The lowest BCUT2D eigenvalue weighted by molar-refractivity contribution is 0.102. The van der Waals surface area contributed by atoms with Crippen LogP contribution in [0.2, 0.25) is 0 Å². The Labute approximate surface area is 102 Å². The van der Waals surface area contributed by atoms with Crippen LogP contribution in [0.15, 0.2) is 29.1 Å². The molecular weight excluding hydrogens is 239 g/mol. The summed E-state index contributed by atoms with van der Waals surface area (Å²) >= 11 is 0. The molecule has 0 spiro atoms. The van der Waals surface area contributed by atoms with Crippen LogP contribution in [0.5, 0.6) is 0 Å². The summed E-state index contributed by atoms with van der Waals surface area (Å²) in [6.45, 7) is 2.42. The van der Waals surface area contributed by atoms with Gasteiger partial charge in [-0.05, 0) is 13.0 Å². The number of anilines is 2. The van der Waals surface area contributed by atoms with Gasteiger partial charge in [0.2, 0.25) is 0 Å². The largest absolute Gasteiger partial charge is 0.370 e. The van der Waals surface area contributed by atoms with Crippen LogP contribution in [-0.4, -0.2) is 22.6 Å². The molecule has 0 unspecified atom stereocenters. The average Bonchev–Trinajstić information content (AvgIpc) is 2.84. The lowest BCUT2D eigenvalue weighted by Crippen LogP contribution is -2.16. The molecule has 0 aliphatic heterocycles. The van der Waals surface area contributed by atoms with E-state index in [1.165, 1.54) is 12.3 Å². The van der Waals surface area contributed by atoms with E-state index in [0.29, 0.717) is 12.4 Å². The zero-order valence-electron chi connectivity index (χ0n) is 9.61. The number of aromatic nitrogens is 2. The van der Waals surface area contributed by atoms with E-state index in [0.717, 1.165) is 12.3 Å². The molecule has 0 aliphatic carbocycles. The smallest absolute Gasteiger partial charge is 0.260 e. The quantitative estimate of drug-likeness (QED) is 0.866. The van der Waals surface area contributed by atoms with Crippen LogP contribution >= 0.6 is 0 Å². The van der Waals surface area contributed by atoms with Crippen LogP contribution in [-0.2, 0) is 0 Å². The third kappa shape index (κ3) is 2.62. The van der Waals surface area contributed by atoms with Crippen molar-refractivity contribution in [1.82, 2.24) is 10.1 Å². The molecule has 18 heavy (non-hydrogen) atoms. The van der Waals surface area contributed by atoms with Crippen molar-refractivity contribution in [2.75, 3.05) is 17.2 Å². The molecular formula is C11H11FN4O2. The van der Waals surface area contributed by atoms with Crippen molar-refractivity contribution >= 4 is 17.5 Å². The fraction of sp³-hybridized carbons (Fsp3) is 0.182. The summed E-state index contributed by atoms with van der Waals surface area (Å²) in [6, 6.07) is 2.60. The summed E-state index contributed by atoms with van der Waals surface area (Å²) in [6.07, 6.45) is 2.37. The number of pyridine rings is 1. The van der Waals surface area contributed by atoms with Crippen LogP contribution in [0.3, 0.4) is 0 Å². The number of hydrogen-bond donors (Lipinski definition) is 2. The number of carbonyl (C=O) groups excluding carboxylic acids is 1. The van der Waals surface area contributed by atoms with Gasteiger partial charge in [0.25, 0.3) is 5.91 Å². The van der Waals surface area contributed by atoms with Crippen LogP contribution in [0, 0.1) is 5.82 Å². The van der Waals surface area contributed by atoms with Gasteiger partial charge in [-0.25, -0.2) is 9.37 Å². The summed E-state index contributed by atoms with van der Waals surface area (Å²) < 4.78 is 17.7. The summed E-state index contributed by atoms with van der Waals surface area (Å²) in [4.78, 5) is 15.7. The van der Waals surface area contributed by atoms with Crippen molar-refractivity contribution in [3.8, 4) is 0 Å². The van der Waals surface area contributed by atoms with E-state index in [1.807, 2.05) is 6.92 Å². The molecule has 2 N–H and O–H groups in total. The highest BCUT2D eigenvalue weighted by Gasteiger charge is 2.14. The van der Waals surface area contributed by atoms with Crippen molar-refractivity contribution in [2.24, 2.45) is 0 Å². The Balaban J connectivity index is 2.25. The van der Waals surface area contributed by atoms with Gasteiger partial charge in [0, 0.05) is 12.6 Å². The predicted molar refractivity (Wildman–Crippen MR) is 62.8 cm³/mol. The molecule has 7 heteroatoms. The number of carbonyl (C=O) groups is 1. The topological polar surface area (TPSA) is 80.0 Å². The van der Waals surface area contributed by atoms with Crippen LogP contribution in [0.4, 0.5) is 16.0 Å². The molecule has 2 aromatic heterocycles. The van der Waals surface area contributed by atoms with Gasteiger partial charge in [-0.2, -0.15) is 0 Å². The van der Waals surface area contributed by atoms with E-state index in [1.54, 1.807) is 0 Å². The lowest BCUT2D eigenvalue weighted by Gasteiger charge is -2.08. The van der Waals surface area contributed by atoms with Gasteiger partial charge in [-0.1, -0.05) is 5.16 Å². The van der Waals surface area contributed by atoms with Gasteiger partial charge in [-0.3, -0.25) is 4.79 Å². The molecule has 1 amide bonds. The molecule has 0 saturated heterocycles. The van der Waals surface area contributed by atoms with Gasteiger partial charge in [0.1, 0.15) is 17.9 Å². The first-order valence-corrected chi connectivity index (χ1v) is 5.32. The minimum Gasteiger partial charge on any atom is -0.370 e. The van der Waals surface area contributed by atoms with E-state index in [4.69, 9.17) is 0 Å². The SMILES string of the molecule is CCNc1ncc(F)cc1C(=O)Nc1ccon1. The average molecular weight is 250 g/mol. The molecule has 0 aromatic carbocycles. The van der Waals surface area contributed by atoms with Crippen LogP contribution in [0.1, 0.15) is 17.3 Å². The Morgan fingerprint density at radius 3 is 3.06 bits per heavy atom. The number of nitrogens with one attached hydrogen (secondary N) is 2. The molecule has 0 saturated carbocycles. The normalized spacial score (nSPS) is 10.1. The monoisotopic (exact) mass is 250 g/mol. The zero-order chi connectivity index (χ0) is 13.0. The number of amides is 1. The number of rotatable bonds is 4. The lowest BCUT2D eigenvalue weighted by atomic mass is 10.2. The first-order chi connectivity index (χ1) is 8.70. The number of hydrogen-bond acceptors (Lipinski definition) is 5. The van der Waals surface area contributed by atoms with Crippen LogP contribution < -0.4 is 10.6 Å². The van der Waals surface area contributed by atoms with E-state index in [9.17, 15) is 9.18 Å². The maximum atomic E-state index is 13.1. The molecule has 2 heterocycles. The van der Waals surface area contributed by atoms with E-state index in [-0.39, 0.29) is 11.4 Å². The van der Waals surface area contributed by atoms with Gasteiger partial charge in [0.15, 0.2) is 5.82 Å². The molecule has 2 aromatic rings. The highest BCUT2D eigenvalue weighted by molar-refractivity contribution is 6.06. The van der Waals surface area contributed by atoms with Crippen molar-refractivity contribution in [1.29, 1.82) is 0 Å². The molecule has 0 bridgehead atoms. The standard InChI is InChI=1S/C11H11FN4O2/c1-2-13-10-8(5-7(12)6-14-10)11(17)15-9-3-4-18-16-9/h3-6H,2H2,1H3,(H,13,14)(H,15,16,17). The Morgan fingerprint density at radius 1 is 1.56 bits per heavy atom. The zero-order valence-corrected chi connectivity index (χ0v) is 9.61. The molecule has 94 valence electrons. The molecule has 6 nitrogen and oxygen atoms in total. The van der Waals surface area contributed by atoms with E-state index >= 15 is 0 Å². The minimum atomic E-state index is -0.582. The molecule has 0 fully saturated rings. The Morgan fingerprint density at radius 2 is 2.39 bits per heavy atom. The minimum absolute atomic E-state index is 0.111. The van der Waals surface area contributed by atoms with Crippen molar-refractivity contribution < 1.29 is 13.7 Å². The second-order valence-electron chi connectivity index (χ2n) is 3.42. The fourth-order valence-corrected chi connectivity index (χ4v) is 1.38. The second kappa shape index (κ2) is 5.26. The van der Waals surface area contributed by atoms with E-state index in [2.05, 4.69) is 25.3 Å². The van der Waals surface area contributed by atoms with Crippen LogP contribution in [0.25, 0.3) is 0 Å². The highest BCUT2D eigenvalue weighted by Crippen LogP contribution is 2.15. The highest BCUT2D eigenvalue weighted by atomic mass is 19.1. The summed E-state index contributed by atoms with van der Waals surface area (Å²) in [5, 5.41) is 8.89. The summed E-state index contributed by atoms with van der Waals surface area (Å²) in [5.41, 5.74) is 0.111. The van der Waals surface area contributed by atoms with Gasteiger partial charge in [-0.15, -0.1) is 0 Å². The Kier molecular flexibility index (Phi) is 3.52. The molecule has 0 aliphatic rings.